The first-order chi connectivity index (χ1) is 28.5. The van der Waals surface area contributed by atoms with Crippen molar-refractivity contribution in [3.63, 3.8) is 0 Å². The Kier molecular flexibility index (Phi) is 12.2. The third kappa shape index (κ3) is 10.1. The fourth-order valence-corrected chi connectivity index (χ4v) is 6.48. The summed E-state index contributed by atoms with van der Waals surface area (Å²) in [6.45, 7) is 7.97. The molecule has 9 N–H and O–H groups in total. The molecule has 2 aliphatic heterocycles. The highest BCUT2D eigenvalue weighted by molar-refractivity contribution is 7.82. The number of H-pyrrole nitrogens is 1. The van der Waals surface area contributed by atoms with Crippen LogP contribution in [0.3, 0.4) is 0 Å². The van der Waals surface area contributed by atoms with E-state index in [0.717, 1.165) is 73.3 Å². The second-order valence-electron chi connectivity index (χ2n) is 14.3. The van der Waals surface area contributed by atoms with Gasteiger partial charge in [0.05, 0.1) is 16.6 Å². The maximum Gasteiger partial charge on any atom is 0.247 e. The van der Waals surface area contributed by atoms with E-state index >= 15 is 0 Å². The van der Waals surface area contributed by atoms with Crippen molar-refractivity contribution < 1.29 is 9.00 Å². The van der Waals surface area contributed by atoms with E-state index in [-0.39, 0.29) is 12.2 Å². The van der Waals surface area contributed by atoms with Crippen molar-refractivity contribution in [2.45, 2.75) is 38.9 Å². The second kappa shape index (κ2) is 18.0. The van der Waals surface area contributed by atoms with E-state index in [2.05, 4.69) is 74.6 Å². The van der Waals surface area contributed by atoms with Crippen LogP contribution < -0.4 is 32.2 Å². The Morgan fingerprint density at radius 2 is 1.59 bits per heavy atom. The highest BCUT2D eigenvalue weighted by Crippen LogP contribution is 2.29. The van der Waals surface area contributed by atoms with E-state index in [4.69, 9.17) is 15.9 Å². The molecule has 0 fully saturated rings. The van der Waals surface area contributed by atoms with Gasteiger partial charge in [-0.15, -0.1) is 5.10 Å². The second-order valence-corrected chi connectivity index (χ2v) is 15.3. The molecular weight excluding hydrogens is 763 g/mol. The average molecular weight is 808 g/mol. The van der Waals surface area contributed by atoms with Crippen LogP contribution in [0.4, 0.5) is 28.7 Å². The summed E-state index contributed by atoms with van der Waals surface area (Å²) < 4.78 is 13.2. The first-order valence-corrected chi connectivity index (χ1v) is 20.0. The molecule has 5 heterocycles. The molecule has 0 aliphatic carbocycles. The summed E-state index contributed by atoms with van der Waals surface area (Å²) in [5.41, 5.74) is 18.0. The number of aromatic amines is 1. The van der Waals surface area contributed by atoms with Gasteiger partial charge in [-0.05, 0) is 114 Å². The van der Waals surface area contributed by atoms with Crippen LogP contribution in [0, 0.1) is 5.92 Å². The van der Waals surface area contributed by atoms with E-state index in [1.807, 2.05) is 115 Å². The number of fused-ring (bicyclic) bond motifs is 3. The average Bonchev–Trinajstić information content (AvgIpc) is 3.97. The first kappa shape index (κ1) is 40.1. The van der Waals surface area contributed by atoms with Crippen LogP contribution in [-0.2, 0) is 15.8 Å². The summed E-state index contributed by atoms with van der Waals surface area (Å²) >= 11 is 0. The number of carbonyl (C=O) groups excluding carboxylic acids is 1. The molecule has 1 amide bonds. The molecule has 4 aromatic carbocycles. The van der Waals surface area contributed by atoms with Crippen LogP contribution in [-0.4, -0.2) is 52.0 Å². The van der Waals surface area contributed by atoms with Crippen molar-refractivity contribution in [2.24, 2.45) is 16.0 Å². The molecular formula is C43H45N13O2S. The smallest absolute Gasteiger partial charge is 0.247 e. The molecule has 300 valence electrons. The maximum atomic E-state index is 11.4. The molecule has 15 nitrogen and oxygen atoms in total. The minimum atomic E-state index is -1.50. The number of nitrogen functional groups attached to an aromatic ring is 1. The molecule has 2 unspecified atom stereocenters. The van der Waals surface area contributed by atoms with Crippen molar-refractivity contribution in [1.82, 2.24) is 35.2 Å². The van der Waals surface area contributed by atoms with Crippen molar-refractivity contribution in [2.75, 3.05) is 21.7 Å². The molecule has 0 radical (unpaired) electrons. The van der Waals surface area contributed by atoms with Crippen LogP contribution in [0.2, 0.25) is 0 Å². The standard InChI is InChI=1S/C20H20N6O2S.C19H15N7.C4H10/c1-13(27)22-15-6-8-16(9-7-15)23-20-24-19-18(3-2-12-26(19)25-20)14-4-10-17(11-5-14)29(21)28;20-14-4-6-15(7-5-14)22-19-23-18-16(2-1-9-26(18)25-19)12-3-8-17-13(10-12)11-21-24-17;1-4(2)3/h2-12,20,23,25H,21H2,1H3,(H,22,27);1-11H,20H2,(H,21,24)(H,22,25);4H,1-3H3. The predicted molar refractivity (Wildman–Crippen MR) is 237 cm³/mol. The molecule has 0 bridgehead atoms. The molecule has 0 saturated carbocycles. The number of carbonyl (C=O) groups is 1. The zero-order valence-corrected chi connectivity index (χ0v) is 33.7. The Bertz CT molecular complexity index is 2680. The minimum Gasteiger partial charge on any atom is -0.399 e. The van der Waals surface area contributed by atoms with Gasteiger partial charge in [0.2, 0.25) is 11.9 Å². The molecule has 9 rings (SSSR count). The van der Waals surface area contributed by atoms with Gasteiger partial charge in [0.15, 0.2) is 17.8 Å². The van der Waals surface area contributed by atoms with E-state index in [0.29, 0.717) is 10.8 Å². The number of allylic oxidation sites excluding steroid dienone is 2. The summed E-state index contributed by atoms with van der Waals surface area (Å²) in [6.07, 6.45) is 9.16. The zero-order valence-electron chi connectivity index (χ0n) is 32.9. The van der Waals surface area contributed by atoms with E-state index in [1.165, 1.54) is 6.92 Å². The Balaban J connectivity index is 0.000000165. The number of hydrogen-bond acceptors (Lipinski definition) is 11. The van der Waals surface area contributed by atoms with E-state index in [1.54, 1.807) is 16.6 Å². The minimum absolute atomic E-state index is 0.108. The predicted octanol–water partition coefficient (Wildman–Crippen LogP) is 7.41. The van der Waals surface area contributed by atoms with Gasteiger partial charge in [-0.2, -0.15) is 15.5 Å². The normalized spacial score (nSPS) is 14.7. The lowest BCUT2D eigenvalue weighted by Gasteiger charge is -2.22. The van der Waals surface area contributed by atoms with Gasteiger partial charge in [-0.3, -0.25) is 14.9 Å². The number of amides is 1. The largest absolute Gasteiger partial charge is 0.399 e. The number of amidine groups is 1. The number of nitrogens with one attached hydrogen (secondary N) is 5. The molecule has 16 heteroatoms. The molecule has 2 aliphatic rings. The van der Waals surface area contributed by atoms with E-state index < -0.39 is 11.0 Å². The monoisotopic (exact) mass is 807 g/mol. The molecule has 3 aromatic heterocycles. The van der Waals surface area contributed by atoms with E-state index in [9.17, 15) is 9.00 Å². The Morgan fingerprint density at radius 3 is 2.31 bits per heavy atom. The van der Waals surface area contributed by atoms with Gasteiger partial charge in [-0.1, -0.05) is 39.0 Å². The van der Waals surface area contributed by atoms with Crippen LogP contribution >= 0.6 is 0 Å². The number of nitrogens with two attached hydrogens (primary N) is 2. The Hall–Kier alpha value is -7.14. The number of pyridine rings is 1. The number of benzene rings is 4. The zero-order chi connectivity index (χ0) is 41.5. The van der Waals surface area contributed by atoms with Crippen molar-refractivity contribution in [3.05, 3.63) is 139 Å². The molecule has 59 heavy (non-hydrogen) atoms. The van der Waals surface area contributed by atoms with Crippen LogP contribution in [0.25, 0.3) is 33.3 Å². The number of hydrogen-bond donors (Lipinski definition) is 7. The maximum absolute atomic E-state index is 11.4. The van der Waals surface area contributed by atoms with Gasteiger partial charge >= 0.3 is 0 Å². The summed E-state index contributed by atoms with van der Waals surface area (Å²) in [5, 5.41) is 29.2. The third-order valence-corrected chi connectivity index (χ3v) is 9.40. The van der Waals surface area contributed by atoms with Crippen molar-refractivity contribution >= 4 is 73.5 Å². The van der Waals surface area contributed by atoms with Crippen molar-refractivity contribution in [1.29, 1.82) is 0 Å². The third-order valence-electron chi connectivity index (χ3n) is 8.67. The van der Waals surface area contributed by atoms with Crippen LogP contribution in [0.15, 0.2) is 144 Å². The SMILES string of the molecule is CC(=O)Nc1ccc(NC2N=C3C(c4ccc(S(N)=O)cc4)=CC=CN3N2)cc1.CC(C)C.Nc1ccc(Nc2nc3c(-c4ccc5[nH]ncc5c4)cccn3n2)cc1. The lowest BCUT2D eigenvalue weighted by Crippen LogP contribution is -2.40. The molecule has 0 saturated heterocycles. The summed E-state index contributed by atoms with van der Waals surface area (Å²) in [5.74, 6) is 2.04. The molecule has 0 spiro atoms. The number of aliphatic imine (C=N–C) groups is 1. The first-order valence-electron chi connectivity index (χ1n) is 18.8. The van der Waals surface area contributed by atoms with Gasteiger partial charge in [-0.25, -0.2) is 18.9 Å². The molecule has 7 aromatic rings. The van der Waals surface area contributed by atoms with Crippen LogP contribution in [0.5, 0.6) is 0 Å². The number of anilines is 5. The lowest BCUT2D eigenvalue weighted by molar-refractivity contribution is -0.114. The highest BCUT2D eigenvalue weighted by atomic mass is 32.2. The van der Waals surface area contributed by atoms with Crippen LogP contribution in [0.1, 0.15) is 33.3 Å². The molecule has 2 atom stereocenters. The fourth-order valence-electron chi connectivity index (χ4n) is 6.08. The highest BCUT2D eigenvalue weighted by Gasteiger charge is 2.28. The summed E-state index contributed by atoms with van der Waals surface area (Å²) in [7, 11) is -1.50. The van der Waals surface area contributed by atoms with Crippen molar-refractivity contribution in [3.8, 4) is 11.1 Å². The quantitative estimate of drug-likeness (QED) is 0.0757. The number of aromatic nitrogens is 5. The Morgan fingerprint density at radius 1 is 0.898 bits per heavy atom. The van der Waals surface area contributed by atoms with Gasteiger partial charge < -0.3 is 21.7 Å². The summed E-state index contributed by atoms with van der Waals surface area (Å²) in [4.78, 5) is 21.1. The number of nitrogens with zero attached hydrogens (tertiary/aromatic N) is 6. The van der Waals surface area contributed by atoms with Gasteiger partial charge in [0, 0.05) is 58.6 Å². The van der Waals surface area contributed by atoms with Gasteiger partial charge in [0.1, 0.15) is 11.0 Å². The number of hydrazine groups is 1. The lowest BCUT2D eigenvalue weighted by atomic mass is 10.0. The summed E-state index contributed by atoms with van der Waals surface area (Å²) in [6, 6.07) is 32.3. The topological polar surface area (TPSA) is 209 Å². The van der Waals surface area contributed by atoms with Gasteiger partial charge in [0.25, 0.3) is 0 Å². The Labute approximate surface area is 343 Å². The number of rotatable bonds is 8. The fraction of sp³-hybridized carbons (Fsp3) is 0.140.